The van der Waals surface area contributed by atoms with Gasteiger partial charge < -0.3 is 24.8 Å². The van der Waals surface area contributed by atoms with Gasteiger partial charge in [-0.3, -0.25) is 4.79 Å². The van der Waals surface area contributed by atoms with Crippen molar-refractivity contribution in [3.8, 4) is 23.0 Å². The van der Waals surface area contributed by atoms with Gasteiger partial charge in [0.1, 0.15) is 34.2 Å². The Morgan fingerprint density at radius 1 is 1.26 bits per heavy atom. The number of allylic oxidation sites excluding steroid dienone is 1. The third kappa shape index (κ3) is 3.75. The maximum absolute atomic E-state index is 12.7. The molecule has 6 nitrogen and oxygen atoms in total. The molecule has 1 atom stereocenters. The SMILES string of the molecule is COc1cc2c(c(O)c1C(=O)/C=C/c1ccc(O)cc1)C(O)CC(C)(C)O2. The fraction of sp³-hybridized carbons (Fsp3) is 0.286. The molecule has 1 heterocycles. The molecule has 0 radical (unpaired) electrons. The van der Waals surface area contributed by atoms with E-state index in [2.05, 4.69) is 0 Å². The predicted octanol–water partition coefficient (Wildman–Crippen LogP) is 3.60. The van der Waals surface area contributed by atoms with Crippen molar-refractivity contribution in [1.29, 1.82) is 0 Å². The van der Waals surface area contributed by atoms with Crippen LogP contribution in [0.4, 0.5) is 0 Å². The van der Waals surface area contributed by atoms with Gasteiger partial charge in [-0.2, -0.15) is 0 Å². The molecule has 0 saturated heterocycles. The number of carbonyl (C=O) groups is 1. The molecule has 0 aromatic heterocycles. The van der Waals surface area contributed by atoms with E-state index >= 15 is 0 Å². The number of ketones is 1. The molecule has 3 rings (SSSR count). The summed E-state index contributed by atoms with van der Waals surface area (Å²) in [4.78, 5) is 12.7. The van der Waals surface area contributed by atoms with Crippen molar-refractivity contribution in [2.24, 2.45) is 0 Å². The largest absolute Gasteiger partial charge is 0.508 e. The molecule has 0 saturated carbocycles. The Kier molecular flexibility index (Phi) is 4.85. The van der Waals surface area contributed by atoms with E-state index < -0.39 is 17.5 Å². The summed E-state index contributed by atoms with van der Waals surface area (Å²) in [7, 11) is 1.39. The van der Waals surface area contributed by atoms with Crippen molar-refractivity contribution >= 4 is 11.9 Å². The summed E-state index contributed by atoms with van der Waals surface area (Å²) >= 11 is 0. The Morgan fingerprint density at radius 2 is 1.93 bits per heavy atom. The molecule has 0 spiro atoms. The number of ether oxygens (including phenoxy) is 2. The van der Waals surface area contributed by atoms with Crippen LogP contribution in [0.5, 0.6) is 23.0 Å². The first-order valence-corrected chi connectivity index (χ1v) is 8.54. The van der Waals surface area contributed by atoms with Crippen molar-refractivity contribution in [3.05, 3.63) is 53.1 Å². The van der Waals surface area contributed by atoms with Crippen LogP contribution < -0.4 is 9.47 Å². The van der Waals surface area contributed by atoms with Crippen LogP contribution >= 0.6 is 0 Å². The first-order valence-electron chi connectivity index (χ1n) is 8.54. The summed E-state index contributed by atoms with van der Waals surface area (Å²) in [5.74, 6) is -0.224. The summed E-state index contributed by atoms with van der Waals surface area (Å²) < 4.78 is 11.1. The Hall–Kier alpha value is -2.99. The Morgan fingerprint density at radius 3 is 2.56 bits per heavy atom. The number of methoxy groups -OCH3 is 1. The van der Waals surface area contributed by atoms with Crippen LogP contribution in [-0.2, 0) is 0 Å². The lowest BCUT2D eigenvalue weighted by Crippen LogP contribution is -2.35. The minimum absolute atomic E-state index is 0.0337. The molecule has 0 amide bonds. The van der Waals surface area contributed by atoms with Crippen molar-refractivity contribution < 1.29 is 29.6 Å². The van der Waals surface area contributed by atoms with Crippen LogP contribution in [0.2, 0.25) is 0 Å². The minimum Gasteiger partial charge on any atom is -0.508 e. The molecule has 0 bridgehead atoms. The lowest BCUT2D eigenvalue weighted by atomic mass is 9.89. The van der Waals surface area contributed by atoms with Gasteiger partial charge in [0.25, 0.3) is 0 Å². The Bertz CT molecular complexity index is 896. The number of phenolic OH excluding ortho intramolecular Hbond substituents is 2. The lowest BCUT2D eigenvalue weighted by molar-refractivity contribution is 0.00980. The molecule has 142 valence electrons. The third-order valence-corrected chi connectivity index (χ3v) is 4.46. The number of hydrogen-bond acceptors (Lipinski definition) is 6. The number of phenols is 2. The summed E-state index contributed by atoms with van der Waals surface area (Å²) in [5, 5.41) is 30.4. The summed E-state index contributed by atoms with van der Waals surface area (Å²) in [6, 6.07) is 7.85. The van der Waals surface area contributed by atoms with E-state index in [4.69, 9.17) is 9.47 Å². The molecule has 1 aliphatic rings. The van der Waals surface area contributed by atoms with Gasteiger partial charge in [-0.05, 0) is 37.6 Å². The van der Waals surface area contributed by atoms with Gasteiger partial charge in [0.05, 0.1) is 18.8 Å². The van der Waals surface area contributed by atoms with Gasteiger partial charge in [-0.1, -0.05) is 18.2 Å². The number of aromatic hydroxyl groups is 2. The maximum atomic E-state index is 12.7. The zero-order chi connectivity index (χ0) is 19.8. The van der Waals surface area contributed by atoms with Crippen LogP contribution in [-0.4, -0.2) is 33.8 Å². The lowest BCUT2D eigenvalue weighted by Gasteiger charge is -2.36. The molecular weight excluding hydrogens is 348 g/mol. The number of fused-ring (bicyclic) bond motifs is 1. The maximum Gasteiger partial charge on any atom is 0.193 e. The second-order valence-electron chi connectivity index (χ2n) is 7.09. The third-order valence-electron chi connectivity index (χ3n) is 4.46. The van der Waals surface area contributed by atoms with Crippen LogP contribution in [0.1, 0.15) is 47.9 Å². The first-order chi connectivity index (χ1) is 12.7. The fourth-order valence-electron chi connectivity index (χ4n) is 3.19. The van der Waals surface area contributed by atoms with E-state index in [1.165, 1.54) is 31.4 Å². The van der Waals surface area contributed by atoms with E-state index in [0.717, 1.165) is 0 Å². The average Bonchev–Trinajstić information content (AvgIpc) is 2.59. The highest BCUT2D eigenvalue weighted by Crippen LogP contribution is 2.48. The Labute approximate surface area is 157 Å². The van der Waals surface area contributed by atoms with Crippen molar-refractivity contribution in [2.75, 3.05) is 7.11 Å². The van der Waals surface area contributed by atoms with E-state index in [0.29, 0.717) is 11.3 Å². The fourth-order valence-corrected chi connectivity index (χ4v) is 3.19. The number of carbonyl (C=O) groups excluding carboxylic acids is 1. The van der Waals surface area contributed by atoms with Crippen molar-refractivity contribution in [3.63, 3.8) is 0 Å². The molecule has 0 fully saturated rings. The molecule has 27 heavy (non-hydrogen) atoms. The van der Waals surface area contributed by atoms with Crippen LogP contribution in [0.3, 0.4) is 0 Å². The molecule has 6 heteroatoms. The van der Waals surface area contributed by atoms with Crippen molar-refractivity contribution in [2.45, 2.75) is 32.0 Å². The van der Waals surface area contributed by atoms with Gasteiger partial charge in [0.2, 0.25) is 0 Å². The molecule has 2 aromatic carbocycles. The quantitative estimate of drug-likeness (QED) is 0.562. The molecule has 2 aromatic rings. The number of hydrogen-bond donors (Lipinski definition) is 3. The second kappa shape index (κ2) is 6.96. The Balaban J connectivity index is 2.01. The molecule has 1 aliphatic heterocycles. The number of benzene rings is 2. The molecule has 0 aliphatic carbocycles. The zero-order valence-corrected chi connectivity index (χ0v) is 15.4. The predicted molar refractivity (Wildman–Crippen MR) is 100 cm³/mol. The summed E-state index contributed by atoms with van der Waals surface area (Å²) in [6.45, 7) is 3.67. The van der Waals surface area contributed by atoms with E-state index in [1.54, 1.807) is 18.2 Å². The van der Waals surface area contributed by atoms with E-state index in [1.807, 2.05) is 13.8 Å². The van der Waals surface area contributed by atoms with Gasteiger partial charge in [-0.15, -0.1) is 0 Å². The van der Waals surface area contributed by atoms with Crippen LogP contribution in [0, 0.1) is 0 Å². The van der Waals surface area contributed by atoms with E-state index in [-0.39, 0.29) is 34.8 Å². The summed E-state index contributed by atoms with van der Waals surface area (Å²) in [5.41, 5.74) is 0.265. The number of rotatable bonds is 4. The number of aliphatic hydroxyl groups excluding tert-OH is 1. The van der Waals surface area contributed by atoms with Crippen LogP contribution in [0.25, 0.3) is 6.08 Å². The average molecular weight is 370 g/mol. The second-order valence-corrected chi connectivity index (χ2v) is 7.09. The zero-order valence-electron chi connectivity index (χ0n) is 15.4. The standard InChI is InChI=1S/C21H22O6/c1-21(2)11-15(24)19-17(27-21)10-16(26-3)18(20(19)25)14(23)9-6-12-4-7-13(22)8-5-12/h4-10,15,22,24-25H,11H2,1-3H3/b9-6+. The van der Waals surface area contributed by atoms with Crippen LogP contribution in [0.15, 0.2) is 36.4 Å². The highest BCUT2D eigenvalue weighted by Gasteiger charge is 2.37. The monoisotopic (exact) mass is 370 g/mol. The van der Waals surface area contributed by atoms with Gasteiger partial charge in [-0.25, -0.2) is 0 Å². The highest BCUT2D eigenvalue weighted by atomic mass is 16.5. The molecular formula is C21H22O6. The van der Waals surface area contributed by atoms with Crippen molar-refractivity contribution in [1.82, 2.24) is 0 Å². The first kappa shape index (κ1) is 18.8. The number of aliphatic hydroxyl groups is 1. The molecule has 3 N–H and O–H groups in total. The van der Waals surface area contributed by atoms with E-state index in [9.17, 15) is 20.1 Å². The molecule has 1 unspecified atom stereocenters. The topological polar surface area (TPSA) is 96.2 Å². The van der Waals surface area contributed by atoms with Gasteiger partial charge in [0, 0.05) is 12.5 Å². The minimum atomic E-state index is -0.956. The van der Waals surface area contributed by atoms with Gasteiger partial charge in [0.15, 0.2) is 5.78 Å². The van der Waals surface area contributed by atoms with Gasteiger partial charge >= 0.3 is 0 Å². The highest BCUT2D eigenvalue weighted by molar-refractivity contribution is 6.11. The smallest absolute Gasteiger partial charge is 0.193 e. The summed E-state index contributed by atoms with van der Waals surface area (Å²) in [6.07, 6.45) is 2.20. The normalized spacial score (nSPS) is 18.0.